The number of rotatable bonds is 1. The number of terminal acetylenes is 1. The molecule has 0 radical (unpaired) electrons. The van der Waals surface area contributed by atoms with Crippen molar-refractivity contribution in [3.05, 3.63) is 0 Å². The normalized spacial score (nSPS) is 24.1. The molecule has 3 nitrogen and oxygen atoms in total. The molecule has 1 aliphatic rings. The second-order valence-electron chi connectivity index (χ2n) is 3.49. The first-order chi connectivity index (χ1) is 6.15. The van der Waals surface area contributed by atoms with Crippen LogP contribution in [0.15, 0.2) is 0 Å². The second kappa shape index (κ2) is 4.29. The largest absolute Gasteiger partial charge is 0.340 e. The van der Waals surface area contributed by atoms with Crippen LogP contribution in [0.2, 0.25) is 0 Å². The molecule has 1 saturated heterocycles. The van der Waals surface area contributed by atoms with Crippen LogP contribution in [0, 0.1) is 12.3 Å². The van der Waals surface area contributed by atoms with Gasteiger partial charge in [0, 0.05) is 32.6 Å². The number of amides is 1. The smallest absolute Gasteiger partial charge is 0.219 e. The minimum absolute atomic E-state index is 0.159. The summed E-state index contributed by atoms with van der Waals surface area (Å²) in [4.78, 5) is 15.2. The molecule has 1 unspecified atom stereocenters. The van der Waals surface area contributed by atoms with E-state index in [2.05, 4.69) is 17.7 Å². The van der Waals surface area contributed by atoms with Gasteiger partial charge in [-0.2, -0.15) is 0 Å². The van der Waals surface area contributed by atoms with Crippen LogP contribution in [0.5, 0.6) is 0 Å². The van der Waals surface area contributed by atoms with E-state index in [4.69, 9.17) is 6.42 Å². The Labute approximate surface area is 79.7 Å². The number of carbonyl (C=O) groups excluding carboxylic acids is 1. The first-order valence-electron chi connectivity index (χ1n) is 4.58. The van der Waals surface area contributed by atoms with Crippen molar-refractivity contribution in [3.63, 3.8) is 0 Å². The molecule has 1 aliphatic heterocycles. The van der Waals surface area contributed by atoms with Gasteiger partial charge >= 0.3 is 0 Å². The van der Waals surface area contributed by atoms with E-state index in [1.807, 2.05) is 4.90 Å². The summed E-state index contributed by atoms with van der Waals surface area (Å²) < 4.78 is 0. The topological polar surface area (TPSA) is 23.6 Å². The van der Waals surface area contributed by atoms with Crippen molar-refractivity contribution in [1.29, 1.82) is 0 Å². The molecule has 1 rings (SSSR count). The minimum Gasteiger partial charge on any atom is -0.340 e. The third-order valence-corrected chi connectivity index (χ3v) is 2.50. The maximum Gasteiger partial charge on any atom is 0.219 e. The highest BCUT2D eigenvalue weighted by atomic mass is 16.2. The summed E-state index contributed by atoms with van der Waals surface area (Å²) in [5.74, 6) is 2.79. The van der Waals surface area contributed by atoms with Gasteiger partial charge in [0.15, 0.2) is 0 Å². The average molecular weight is 180 g/mol. The van der Waals surface area contributed by atoms with E-state index in [-0.39, 0.29) is 5.91 Å². The van der Waals surface area contributed by atoms with Crippen molar-refractivity contribution in [2.24, 2.45) is 0 Å². The van der Waals surface area contributed by atoms with E-state index < -0.39 is 0 Å². The molecule has 1 fully saturated rings. The van der Waals surface area contributed by atoms with Gasteiger partial charge in [0.2, 0.25) is 5.91 Å². The molecule has 0 aromatic carbocycles. The maximum atomic E-state index is 11.1. The first kappa shape index (κ1) is 10.1. The summed E-state index contributed by atoms with van der Waals surface area (Å²) >= 11 is 0. The molecule has 0 aromatic rings. The summed E-state index contributed by atoms with van der Waals surface area (Å²) in [6, 6.07) is 0.383. The van der Waals surface area contributed by atoms with Crippen LogP contribution in [-0.2, 0) is 4.79 Å². The van der Waals surface area contributed by atoms with Gasteiger partial charge in [0.25, 0.3) is 0 Å². The molecule has 0 N–H and O–H groups in total. The van der Waals surface area contributed by atoms with E-state index in [1.54, 1.807) is 6.92 Å². The van der Waals surface area contributed by atoms with Crippen LogP contribution in [0.1, 0.15) is 13.8 Å². The summed E-state index contributed by atoms with van der Waals surface area (Å²) in [5, 5.41) is 0. The number of hydrogen-bond acceptors (Lipinski definition) is 2. The Morgan fingerprint density at radius 3 is 2.77 bits per heavy atom. The number of nitrogens with zero attached hydrogens (tertiary/aromatic N) is 2. The van der Waals surface area contributed by atoms with Crippen molar-refractivity contribution in [2.45, 2.75) is 19.9 Å². The van der Waals surface area contributed by atoms with Gasteiger partial charge in [-0.25, -0.2) is 0 Å². The summed E-state index contributed by atoms with van der Waals surface area (Å²) in [5.41, 5.74) is 0. The van der Waals surface area contributed by atoms with Gasteiger partial charge in [0.1, 0.15) is 0 Å². The summed E-state index contributed by atoms with van der Waals surface area (Å²) in [6.07, 6.45) is 5.24. The van der Waals surface area contributed by atoms with Crippen LogP contribution in [0.25, 0.3) is 0 Å². The first-order valence-corrected chi connectivity index (χ1v) is 4.58. The number of carbonyl (C=O) groups is 1. The lowest BCUT2D eigenvalue weighted by molar-refractivity contribution is -0.131. The monoisotopic (exact) mass is 180 g/mol. The van der Waals surface area contributed by atoms with Gasteiger partial charge in [-0.1, -0.05) is 5.92 Å². The third kappa shape index (κ3) is 2.46. The zero-order valence-corrected chi connectivity index (χ0v) is 8.29. The molecule has 3 heteroatoms. The lowest BCUT2D eigenvalue weighted by Gasteiger charge is -2.38. The fourth-order valence-electron chi connectivity index (χ4n) is 1.63. The summed E-state index contributed by atoms with van der Waals surface area (Å²) in [6.45, 7) is 6.91. The molecule has 0 aliphatic carbocycles. The van der Waals surface area contributed by atoms with Crippen molar-refractivity contribution < 1.29 is 4.79 Å². The maximum absolute atomic E-state index is 11.1. The van der Waals surface area contributed by atoms with E-state index in [9.17, 15) is 4.79 Å². The minimum atomic E-state index is 0.159. The van der Waals surface area contributed by atoms with Gasteiger partial charge in [-0.15, -0.1) is 6.42 Å². The molecule has 0 spiro atoms. The number of piperazine rings is 1. The molecule has 0 bridgehead atoms. The SMILES string of the molecule is C#CCN1CCN(C(C)=O)CC1C. The Balaban J connectivity index is 2.47. The highest BCUT2D eigenvalue weighted by Crippen LogP contribution is 2.08. The van der Waals surface area contributed by atoms with Crippen LogP contribution >= 0.6 is 0 Å². The van der Waals surface area contributed by atoms with Gasteiger partial charge in [-0.3, -0.25) is 9.69 Å². The van der Waals surface area contributed by atoms with E-state index in [1.165, 1.54) is 0 Å². The zero-order valence-electron chi connectivity index (χ0n) is 8.29. The quantitative estimate of drug-likeness (QED) is 0.537. The Hall–Kier alpha value is -1.01. The predicted molar refractivity (Wildman–Crippen MR) is 52.1 cm³/mol. The predicted octanol–water partition coefficient (Wildman–Crippen LogP) is 0.172. The molecule has 1 atom stereocenters. The average Bonchev–Trinajstić information content (AvgIpc) is 2.08. The molecule has 1 amide bonds. The van der Waals surface area contributed by atoms with Crippen LogP contribution in [-0.4, -0.2) is 47.9 Å². The van der Waals surface area contributed by atoms with Crippen molar-refractivity contribution in [2.75, 3.05) is 26.2 Å². The fourth-order valence-corrected chi connectivity index (χ4v) is 1.63. The third-order valence-electron chi connectivity index (χ3n) is 2.50. The molecule has 0 saturated carbocycles. The van der Waals surface area contributed by atoms with Gasteiger partial charge in [-0.05, 0) is 6.92 Å². The lowest BCUT2D eigenvalue weighted by atomic mass is 10.2. The Morgan fingerprint density at radius 1 is 1.62 bits per heavy atom. The van der Waals surface area contributed by atoms with Crippen molar-refractivity contribution in [3.8, 4) is 12.3 Å². The Bertz CT molecular complexity index is 232. The van der Waals surface area contributed by atoms with E-state index in [0.29, 0.717) is 12.6 Å². The van der Waals surface area contributed by atoms with Crippen LogP contribution < -0.4 is 0 Å². The highest BCUT2D eigenvalue weighted by Gasteiger charge is 2.23. The zero-order chi connectivity index (χ0) is 9.84. The summed E-state index contributed by atoms with van der Waals surface area (Å²) in [7, 11) is 0. The van der Waals surface area contributed by atoms with E-state index >= 15 is 0 Å². The fraction of sp³-hybridized carbons (Fsp3) is 0.700. The number of hydrogen-bond donors (Lipinski definition) is 0. The molecular weight excluding hydrogens is 164 g/mol. The Morgan fingerprint density at radius 2 is 2.31 bits per heavy atom. The second-order valence-corrected chi connectivity index (χ2v) is 3.49. The molecular formula is C10H16N2O. The van der Waals surface area contributed by atoms with Crippen LogP contribution in [0.3, 0.4) is 0 Å². The molecule has 72 valence electrons. The van der Waals surface area contributed by atoms with Crippen molar-refractivity contribution >= 4 is 5.91 Å². The molecule has 0 aromatic heterocycles. The van der Waals surface area contributed by atoms with Gasteiger partial charge < -0.3 is 4.90 Å². The highest BCUT2D eigenvalue weighted by molar-refractivity contribution is 5.73. The van der Waals surface area contributed by atoms with Crippen molar-refractivity contribution in [1.82, 2.24) is 9.80 Å². The van der Waals surface area contributed by atoms with Gasteiger partial charge in [0.05, 0.1) is 6.54 Å². The Kier molecular flexibility index (Phi) is 3.32. The molecule has 1 heterocycles. The van der Waals surface area contributed by atoms with Crippen LogP contribution in [0.4, 0.5) is 0 Å². The lowest BCUT2D eigenvalue weighted by Crippen LogP contribution is -2.53. The van der Waals surface area contributed by atoms with E-state index in [0.717, 1.165) is 19.6 Å². The standard InChI is InChI=1S/C10H16N2O/c1-4-5-11-6-7-12(10(3)13)8-9(11)2/h1,9H,5-8H2,2-3H3. The molecule has 13 heavy (non-hydrogen) atoms.